The molecule has 0 radical (unpaired) electrons. The quantitative estimate of drug-likeness (QED) is 0.714. The van der Waals surface area contributed by atoms with E-state index in [4.69, 9.17) is 9.57 Å². The molecule has 0 saturated heterocycles. The van der Waals surface area contributed by atoms with Crippen LogP contribution in [0.1, 0.15) is 61.6 Å². The number of aromatic hydroxyl groups is 1. The maximum Gasteiger partial charge on any atom is 0.160 e. The number of ether oxygens (including phenoxy) is 1. The van der Waals surface area contributed by atoms with Crippen LogP contribution in [0.3, 0.4) is 0 Å². The molecule has 6 heteroatoms. The van der Waals surface area contributed by atoms with E-state index in [2.05, 4.69) is 17.1 Å². The monoisotopic (exact) mass is 422 g/mol. The number of phenols is 1. The second kappa shape index (κ2) is 7.83. The van der Waals surface area contributed by atoms with Crippen molar-refractivity contribution in [3.63, 3.8) is 0 Å². The normalized spacial score (nSPS) is 32.8. The van der Waals surface area contributed by atoms with E-state index in [1.54, 1.807) is 25.6 Å². The number of aromatic nitrogens is 1. The number of aliphatic hydroxyl groups is 1. The summed E-state index contributed by atoms with van der Waals surface area (Å²) in [5.41, 5.74) is 3.99. The van der Waals surface area contributed by atoms with Gasteiger partial charge in [-0.3, -0.25) is 4.98 Å². The Morgan fingerprint density at radius 2 is 2.00 bits per heavy atom. The van der Waals surface area contributed by atoms with Gasteiger partial charge in [0.25, 0.3) is 0 Å². The van der Waals surface area contributed by atoms with Crippen LogP contribution in [0, 0.1) is 17.3 Å². The van der Waals surface area contributed by atoms with Crippen molar-refractivity contribution in [3.8, 4) is 11.5 Å². The van der Waals surface area contributed by atoms with Crippen LogP contribution in [0.15, 0.2) is 41.8 Å². The second-order valence-electron chi connectivity index (χ2n) is 9.50. The first-order chi connectivity index (χ1) is 15.0. The molecule has 0 unspecified atom stereocenters. The predicted octanol–water partition coefficient (Wildman–Crippen LogP) is 4.39. The highest BCUT2D eigenvalue weighted by molar-refractivity contribution is 6.03. The molecular weight excluding hydrogens is 392 g/mol. The Bertz CT molecular complexity index is 993. The standard InChI is InChI=1S/C25H30N2O4/c1-25-8-5-16-17-13-23(30-2)22(28)12-19(17)21(11-18(16)20(25)3-4-24(25)29)27-31-14-15-6-9-26-10-7-15/h6-7,9-10,12-13,16,18,20,24,28-29H,3-5,8,11,14H2,1-2H3/t16-,18-,20+,24-,25+/m1/s1. The molecule has 164 valence electrons. The average molecular weight is 423 g/mol. The Hall–Kier alpha value is -2.60. The van der Waals surface area contributed by atoms with Gasteiger partial charge in [-0.1, -0.05) is 12.1 Å². The Kier molecular flexibility index (Phi) is 5.13. The molecule has 31 heavy (non-hydrogen) atoms. The van der Waals surface area contributed by atoms with Crippen LogP contribution < -0.4 is 4.74 Å². The van der Waals surface area contributed by atoms with E-state index in [-0.39, 0.29) is 17.3 Å². The number of fused-ring (bicyclic) bond motifs is 5. The summed E-state index contributed by atoms with van der Waals surface area (Å²) in [5.74, 6) is 1.86. The third-order valence-corrected chi connectivity index (χ3v) is 8.03. The minimum atomic E-state index is -0.225. The van der Waals surface area contributed by atoms with Gasteiger partial charge in [0.05, 0.1) is 18.9 Å². The van der Waals surface area contributed by atoms with Crippen molar-refractivity contribution in [2.45, 2.75) is 57.7 Å². The van der Waals surface area contributed by atoms with E-state index < -0.39 is 0 Å². The number of benzene rings is 1. The van der Waals surface area contributed by atoms with Crippen molar-refractivity contribution in [1.29, 1.82) is 0 Å². The number of oxime groups is 1. The van der Waals surface area contributed by atoms with Gasteiger partial charge in [-0.25, -0.2) is 0 Å². The van der Waals surface area contributed by atoms with Crippen LogP contribution in [-0.4, -0.2) is 34.1 Å². The first-order valence-corrected chi connectivity index (χ1v) is 11.2. The lowest BCUT2D eigenvalue weighted by atomic mass is 9.55. The molecule has 1 heterocycles. The molecule has 3 aliphatic carbocycles. The van der Waals surface area contributed by atoms with Gasteiger partial charge < -0.3 is 19.8 Å². The zero-order chi connectivity index (χ0) is 21.6. The Morgan fingerprint density at radius 3 is 2.77 bits per heavy atom. The summed E-state index contributed by atoms with van der Waals surface area (Å²) >= 11 is 0. The van der Waals surface area contributed by atoms with Crippen molar-refractivity contribution in [2.24, 2.45) is 22.4 Å². The molecule has 6 nitrogen and oxygen atoms in total. The minimum Gasteiger partial charge on any atom is -0.504 e. The van der Waals surface area contributed by atoms with E-state index in [9.17, 15) is 10.2 Å². The van der Waals surface area contributed by atoms with Gasteiger partial charge in [0.1, 0.15) is 6.61 Å². The van der Waals surface area contributed by atoms with E-state index in [0.717, 1.165) is 48.9 Å². The summed E-state index contributed by atoms with van der Waals surface area (Å²) in [7, 11) is 1.58. The minimum absolute atomic E-state index is 0.0251. The van der Waals surface area contributed by atoms with E-state index in [1.165, 1.54) is 5.56 Å². The first kappa shape index (κ1) is 20.3. The highest BCUT2D eigenvalue weighted by atomic mass is 16.6. The molecule has 1 aromatic heterocycles. The lowest BCUT2D eigenvalue weighted by Gasteiger charge is -2.50. The van der Waals surface area contributed by atoms with E-state index in [1.807, 2.05) is 18.2 Å². The number of aliphatic hydroxyl groups excluding tert-OH is 1. The Balaban J connectivity index is 1.51. The molecule has 2 saturated carbocycles. The number of methoxy groups -OCH3 is 1. The first-order valence-electron chi connectivity index (χ1n) is 11.2. The van der Waals surface area contributed by atoms with Gasteiger partial charge in [0, 0.05) is 18.0 Å². The molecule has 0 bridgehead atoms. The van der Waals surface area contributed by atoms with Crippen LogP contribution >= 0.6 is 0 Å². The van der Waals surface area contributed by atoms with Crippen LogP contribution in [0.5, 0.6) is 11.5 Å². The highest BCUT2D eigenvalue weighted by Gasteiger charge is 2.55. The van der Waals surface area contributed by atoms with Gasteiger partial charge in [-0.2, -0.15) is 0 Å². The van der Waals surface area contributed by atoms with Gasteiger partial charge in [-0.05, 0) is 90.7 Å². The number of rotatable bonds is 4. The third kappa shape index (κ3) is 3.37. The Morgan fingerprint density at radius 1 is 1.19 bits per heavy atom. The molecule has 5 rings (SSSR count). The zero-order valence-electron chi connectivity index (χ0n) is 18.1. The molecule has 2 fully saturated rings. The van der Waals surface area contributed by atoms with Crippen molar-refractivity contribution in [2.75, 3.05) is 7.11 Å². The molecular formula is C25H30N2O4. The molecule has 2 aromatic rings. The summed E-state index contributed by atoms with van der Waals surface area (Å²) in [6.45, 7) is 2.63. The number of hydrogen-bond donors (Lipinski definition) is 2. The second-order valence-corrected chi connectivity index (χ2v) is 9.50. The fourth-order valence-electron chi connectivity index (χ4n) is 6.32. The van der Waals surface area contributed by atoms with E-state index >= 15 is 0 Å². The van der Waals surface area contributed by atoms with Crippen molar-refractivity contribution < 1.29 is 19.8 Å². The summed E-state index contributed by atoms with van der Waals surface area (Å²) < 4.78 is 5.42. The predicted molar refractivity (Wildman–Crippen MR) is 117 cm³/mol. The van der Waals surface area contributed by atoms with Crippen LogP contribution in [0.4, 0.5) is 0 Å². The maximum atomic E-state index is 10.7. The largest absolute Gasteiger partial charge is 0.504 e. The molecule has 2 N–H and O–H groups in total. The SMILES string of the molecule is COc1cc2c(cc1O)C(=NOCc1ccncc1)C[C@@H]1[C@@H]2CC[C@]2(C)[C@H](O)CC[C@@H]12. The van der Waals surface area contributed by atoms with Crippen LogP contribution in [-0.2, 0) is 11.4 Å². The van der Waals surface area contributed by atoms with Gasteiger partial charge in [-0.15, -0.1) is 0 Å². The summed E-state index contributed by atoms with van der Waals surface area (Å²) in [6.07, 6.45) is 8.03. The topological polar surface area (TPSA) is 84.2 Å². The van der Waals surface area contributed by atoms with Crippen LogP contribution in [0.25, 0.3) is 0 Å². The molecule has 0 amide bonds. The highest BCUT2D eigenvalue weighted by Crippen LogP contribution is 2.61. The van der Waals surface area contributed by atoms with Crippen molar-refractivity contribution in [1.82, 2.24) is 4.98 Å². The summed E-state index contributed by atoms with van der Waals surface area (Å²) in [4.78, 5) is 9.78. The van der Waals surface area contributed by atoms with Crippen LogP contribution in [0.2, 0.25) is 0 Å². The third-order valence-electron chi connectivity index (χ3n) is 8.03. The molecule has 0 aliphatic heterocycles. The molecule has 0 spiro atoms. The van der Waals surface area contributed by atoms with E-state index in [0.29, 0.717) is 30.1 Å². The average Bonchev–Trinajstić information content (AvgIpc) is 3.09. The number of pyridine rings is 1. The Labute approximate surface area is 182 Å². The zero-order valence-corrected chi connectivity index (χ0v) is 18.1. The lowest BCUT2D eigenvalue weighted by molar-refractivity contribution is -0.0180. The summed E-state index contributed by atoms with van der Waals surface area (Å²) in [6, 6.07) is 7.58. The maximum absolute atomic E-state index is 10.7. The number of nitrogens with zero attached hydrogens (tertiary/aromatic N) is 2. The molecule has 3 aliphatic rings. The van der Waals surface area contributed by atoms with Gasteiger partial charge >= 0.3 is 0 Å². The summed E-state index contributed by atoms with van der Waals surface area (Å²) in [5, 5.41) is 25.7. The number of hydrogen-bond acceptors (Lipinski definition) is 6. The molecule has 1 aromatic carbocycles. The van der Waals surface area contributed by atoms with Crippen molar-refractivity contribution >= 4 is 5.71 Å². The van der Waals surface area contributed by atoms with Crippen molar-refractivity contribution in [3.05, 3.63) is 53.3 Å². The number of phenolic OH excluding ortho intramolecular Hbond substituents is 1. The smallest absolute Gasteiger partial charge is 0.160 e. The van der Waals surface area contributed by atoms with Gasteiger partial charge in [0.2, 0.25) is 0 Å². The fraction of sp³-hybridized carbons (Fsp3) is 0.520. The van der Waals surface area contributed by atoms with Gasteiger partial charge in [0.15, 0.2) is 11.5 Å². The lowest BCUT2D eigenvalue weighted by Crippen LogP contribution is -2.45. The molecule has 5 atom stereocenters. The fourth-order valence-corrected chi connectivity index (χ4v) is 6.32.